The van der Waals surface area contributed by atoms with E-state index in [4.69, 9.17) is 10.1 Å². The number of nitrogens with one attached hydrogen (secondary N) is 4. The maximum atomic E-state index is 15.3. The van der Waals surface area contributed by atoms with Gasteiger partial charge >= 0.3 is 6.18 Å². The molecule has 2 atom stereocenters. The van der Waals surface area contributed by atoms with Crippen LogP contribution in [-0.4, -0.2) is 59.3 Å². The summed E-state index contributed by atoms with van der Waals surface area (Å²) in [4.78, 5) is 33.2. The molecule has 2 bridgehead atoms. The molecule has 2 saturated heterocycles. The van der Waals surface area contributed by atoms with E-state index in [0.717, 1.165) is 29.5 Å². The summed E-state index contributed by atoms with van der Waals surface area (Å²) < 4.78 is 63.5. The molecule has 4 heterocycles. The van der Waals surface area contributed by atoms with Crippen LogP contribution in [0.4, 0.5) is 28.9 Å². The van der Waals surface area contributed by atoms with Crippen LogP contribution in [0.25, 0.3) is 20.7 Å². The van der Waals surface area contributed by atoms with Gasteiger partial charge < -0.3 is 31.0 Å². The monoisotopic (exact) mass is 700 g/mol. The summed E-state index contributed by atoms with van der Waals surface area (Å²) in [6, 6.07) is 22.3. The van der Waals surface area contributed by atoms with Gasteiger partial charge in [0, 0.05) is 71.5 Å². The summed E-state index contributed by atoms with van der Waals surface area (Å²) in [5, 5.41) is 15.3. The number of rotatable bonds is 9. The van der Waals surface area contributed by atoms with Crippen LogP contribution in [-0.2, 0) is 4.79 Å². The second-order valence-corrected chi connectivity index (χ2v) is 12.8. The number of fused-ring (bicyclic) bond motifs is 3. The van der Waals surface area contributed by atoms with Gasteiger partial charge in [0.05, 0.1) is 15.8 Å². The Bertz CT molecular complexity index is 2140. The molecule has 9 nitrogen and oxygen atoms in total. The molecule has 0 saturated carbocycles. The van der Waals surface area contributed by atoms with Crippen molar-refractivity contribution in [2.45, 2.75) is 24.7 Å². The molecular weight excluding hydrogens is 672 g/mol. The number of likely N-dealkylation sites (tertiary alicyclic amines) is 1. The number of hydrogen-bond donors (Lipinski definition) is 4. The summed E-state index contributed by atoms with van der Waals surface area (Å²) in [6.45, 7) is 1.54. The Labute approximate surface area is 287 Å². The molecule has 2 aliphatic rings. The second kappa shape index (κ2) is 13.4. The summed E-state index contributed by atoms with van der Waals surface area (Å²) in [6.07, 6.45) is -2.20. The smallest absolute Gasteiger partial charge is 0.432 e. The van der Waals surface area contributed by atoms with Crippen molar-refractivity contribution in [3.8, 4) is 21.9 Å². The quantitative estimate of drug-likeness (QED) is 0.0715. The van der Waals surface area contributed by atoms with Crippen molar-refractivity contribution in [1.29, 1.82) is 5.41 Å². The van der Waals surface area contributed by atoms with Crippen molar-refractivity contribution in [2.24, 2.45) is 0 Å². The largest absolute Gasteiger partial charge is 0.453 e. The first-order valence-corrected chi connectivity index (χ1v) is 16.3. The van der Waals surface area contributed by atoms with Gasteiger partial charge in [0.2, 0.25) is 0 Å². The number of allylic oxidation sites excluding steroid dienone is 1. The number of benzene rings is 3. The molecule has 0 spiro atoms. The highest BCUT2D eigenvalue weighted by atomic mass is 32.1. The Kier molecular flexibility index (Phi) is 8.80. The van der Waals surface area contributed by atoms with Crippen LogP contribution in [0.1, 0.15) is 16.8 Å². The van der Waals surface area contributed by atoms with Crippen LogP contribution in [0.15, 0.2) is 102 Å². The zero-order chi connectivity index (χ0) is 35.0. The van der Waals surface area contributed by atoms with E-state index in [1.807, 2.05) is 35.2 Å². The third-order valence-corrected chi connectivity index (χ3v) is 9.69. The van der Waals surface area contributed by atoms with E-state index in [1.165, 1.54) is 53.9 Å². The van der Waals surface area contributed by atoms with Gasteiger partial charge in [-0.1, -0.05) is 30.3 Å². The lowest BCUT2D eigenvalue weighted by molar-refractivity contribution is -0.114. The molecule has 0 unspecified atom stereocenters. The van der Waals surface area contributed by atoms with Gasteiger partial charge in [0.15, 0.2) is 11.6 Å². The van der Waals surface area contributed by atoms with E-state index in [-0.39, 0.29) is 35.3 Å². The molecule has 0 aliphatic carbocycles. The fraction of sp³-hybridized carbons (Fsp3) is 0.167. The topological polar surface area (TPSA) is 119 Å². The minimum Gasteiger partial charge on any atom is -0.453 e. The number of piperazine rings is 1. The number of halogens is 4. The van der Waals surface area contributed by atoms with E-state index in [9.17, 15) is 22.8 Å². The fourth-order valence-electron chi connectivity index (χ4n) is 6.08. The Morgan fingerprint density at radius 2 is 1.76 bits per heavy atom. The normalized spacial score (nSPS) is 17.4. The van der Waals surface area contributed by atoms with Gasteiger partial charge in [-0.25, -0.2) is 4.39 Å². The number of carbonyl (C=O) groups excluding carboxylic acids is 2. The van der Waals surface area contributed by atoms with Crippen LogP contribution < -0.4 is 20.7 Å². The molecule has 4 N–H and O–H groups in total. The molecule has 5 aromatic rings. The van der Waals surface area contributed by atoms with E-state index in [1.54, 1.807) is 12.1 Å². The van der Waals surface area contributed by atoms with Gasteiger partial charge in [0.1, 0.15) is 11.4 Å². The van der Waals surface area contributed by atoms with Crippen molar-refractivity contribution < 1.29 is 31.9 Å². The third-order valence-electron chi connectivity index (χ3n) is 8.50. The fourth-order valence-corrected chi connectivity index (χ4v) is 7.15. The van der Waals surface area contributed by atoms with Crippen molar-refractivity contribution >= 4 is 51.0 Å². The number of aromatic nitrogens is 1. The number of anilines is 2. The summed E-state index contributed by atoms with van der Waals surface area (Å²) in [7, 11) is 0. The molecule has 3 aromatic carbocycles. The predicted octanol–water partition coefficient (Wildman–Crippen LogP) is 7.60. The van der Waals surface area contributed by atoms with Gasteiger partial charge in [-0.05, 0) is 54.4 Å². The first-order valence-electron chi connectivity index (χ1n) is 15.5. The maximum absolute atomic E-state index is 15.3. The number of pyridine rings is 1. The number of ether oxygens (including phenoxy) is 1. The van der Waals surface area contributed by atoms with Gasteiger partial charge in [-0.15, -0.1) is 11.3 Å². The summed E-state index contributed by atoms with van der Waals surface area (Å²) in [5.41, 5.74) is -0.407. The van der Waals surface area contributed by atoms with Crippen LogP contribution in [0.2, 0.25) is 0 Å². The highest BCUT2D eigenvalue weighted by Gasteiger charge is 2.40. The van der Waals surface area contributed by atoms with Crippen LogP contribution >= 0.6 is 11.3 Å². The minimum absolute atomic E-state index is 0.0182. The van der Waals surface area contributed by atoms with Crippen molar-refractivity contribution in [3.63, 3.8) is 0 Å². The third kappa shape index (κ3) is 6.67. The van der Waals surface area contributed by atoms with Gasteiger partial charge in [0.25, 0.3) is 11.8 Å². The van der Waals surface area contributed by atoms with Gasteiger partial charge in [-0.2, -0.15) is 13.2 Å². The first kappa shape index (κ1) is 32.9. The molecule has 2 aliphatic heterocycles. The lowest BCUT2D eigenvalue weighted by Gasteiger charge is -2.27. The maximum Gasteiger partial charge on any atom is 0.432 e. The first-order chi connectivity index (χ1) is 24.1. The average molecular weight is 701 g/mol. The van der Waals surface area contributed by atoms with Crippen molar-refractivity contribution in [2.75, 3.05) is 23.7 Å². The van der Waals surface area contributed by atoms with E-state index < -0.39 is 29.2 Å². The minimum atomic E-state index is -4.99. The molecular formula is C36H28F4N6O3S. The molecule has 0 radical (unpaired) electrons. The zero-order valence-electron chi connectivity index (χ0n) is 26.1. The van der Waals surface area contributed by atoms with Crippen molar-refractivity contribution in [3.05, 3.63) is 114 Å². The Morgan fingerprint density at radius 3 is 2.42 bits per heavy atom. The Hall–Kier alpha value is -5.60. The predicted molar refractivity (Wildman–Crippen MR) is 183 cm³/mol. The van der Waals surface area contributed by atoms with E-state index in [0.29, 0.717) is 34.1 Å². The molecule has 2 aromatic heterocycles. The van der Waals surface area contributed by atoms with Crippen LogP contribution in [0.3, 0.4) is 0 Å². The number of para-hydroxylation sites is 1. The zero-order valence-corrected chi connectivity index (χ0v) is 26.9. The molecule has 2 amide bonds. The highest BCUT2D eigenvalue weighted by molar-refractivity contribution is 7.22. The molecule has 50 heavy (non-hydrogen) atoms. The van der Waals surface area contributed by atoms with Crippen LogP contribution in [0, 0.1) is 11.2 Å². The standard InChI is InChI=1S/C36H28F4N6O3S/c37-27-15-23(45-34(47)26(17-41)33(36(38,39)40)44-22-4-2-1-3-5-22)10-11-29(27)49-30-12-13-42-28-16-31(50-32(28)30)20-6-8-21(9-7-20)35(48)46-19-24-14-25(46)18-43-24/h1-13,15-17,24-25,41,43-44H,14,18-19H2,(H,45,47)/b33-26+,41-17?/t24-,25-/m0/s1. The number of carbonyl (C=O) groups is 2. The number of nitrogens with zero attached hydrogens (tertiary/aromatic N) is 2. The second-order valence-electron chi connectivity index (χ2n) is 11.8. The molecule has 7 rings (SSSR count). The lowest BCUT2D eigenvalue weighted by Crippen LogP contribution is -2.46. The van der Waals surface area contributed by atoms with E-state index in [2.05, 4.69) is 20.9 Å². The Morgan fingerprint density at radius 1 is 0.980 bits per heavy atom. The summed E-state index contributed by atoms with van der Waals surface area (Å²) in [5.74, 6) is -2.00. The SMILES string of the molecule is N=C/C(C(=O)Nc1ccc(Oc2ccnc3cc(-c4ccc(C(=O)N5C[C@@H]6C[C@H]5CN6)cc4)sc23)c(F)c1)=C(\Nc1ccccc1)C(F)(F)F. The highest BCUT2D eigenvalue weighted by Crippen LogP contribution is 2.40. The van der Waals surface area contributed by atoms with E-state index >= 15 is 4.39 Å². The number of amides is 2. The Balaban J connectivity index is 1.07. The van der Waals surface area contributed by atoms with Crippen LogP contribution in [0.5, 0.6) is 11.5 Å². The lowest BCUT2D eigenvalue weighted by atomic mass is 10.1. The number of hydrogen-bond acceptors (Lipinski definition) is 8. The number of alkyl halides is 3. The van der Waals surface area contributed by atoms with Crippen molar-refractivity contribution in [1.82, 2.24) is 15.2 Å². The molecule has 14 heteroatoms. The molecule has 2 fully saturated rings. The molecule has 254 valence electrons. The average Bonchev–Trinajstić information content (AvgIpc) is 3.86. The summed E-state index contributed by atoms with van der Waals surface area (Å²) >= 11 is 1.38. The van der Waals surface area contributed by atoms with Gasteiger partial charge in [-0.3, -0.25) is 14.6 Å². The number of thiophene rings is 1.